The zero-order valence-corrected chi connectivity index (χ0v) is 15.4. The summed E-state index contributed by atoms with van der Waals surface area (Å²) in [5.74, 6) is 2.34. The van der Waals surface area contributed by atoms with E-state index in [1.807, 2.05) is 60.7 Å². The molecule has 0 aliphatic rings. The van der Waals surface area contributed by atoms with E-state index in [-0.39, 0.29) is 0 Å². The highest BCUT2D eigenvalue weighted by Gasteiger charge is 2.10. The highest BCUT2D eigenvalue weighted by molar-refractivity contribution is 5.83. The first-order chi connectivity index (χ1) is 13.7. The summed E-state index contributed by atoms with van der Waals surface area (Å²) in [6.07, 6.45) is 1.43. The average molecular weight is 372 g/mol. The Labute approximate surface area is 163 Å². The van der Waals surface area contributed by atoms with Gasteiger partial charge in [0.05, 0.1) is 7.11 Å². The fourth-order valence-corrected chi connectivity index (χ4v) is 2.87. The quantitative estimate of drug-likeness (QED) is 0.514. The van der Waals surface area contributed by atoms with Gasteiger partial charge in [-0.1, -0.05) is 42.5 Å². The van der Waals surface area contributed by atoms with Gasteiger partial charge in [0, 0.05) is 6.54 Å². The lowest BCUT2D eigenvalue weighted by Crippen LogP contribution is -2.06. The van der Waals surface area contributed by atoms with Crippen LogP contribution in [0.5, 0.6) is 17.4 Å². The van der Waals surface area contributed by atoms with E-state index >= 15 is 0 Å². The number of nitrogen functional groups attached to an aromatic ring is 1. The summed E-state index contributed by atoms with van der Waals surface area (Å²) < 4.78 is 11.1. The van der Waals surface area contributed by atoms with Crippen LogP contribution in [0.15, 0.2) is 73.1 Å². The minimum Gasteiger partial charge on any atom is -0.497 e. The predicted molar refractivity (Wildman–Crippen MR) is 111 cm³/mol. The zero-order valence-electron chi connectivity index (χ0n) is 15.4. The van der Waals surface area contributed by atoms with Crippen LogP contribution in [0.4, 0.5) is 11.5 Å². The smallest absolute Gasteiger partial charge is 0.248 e. The van der Waals surface area contributed by atoms with Gasteiger partial charge in [0.15, 0.2) is 5.82 Å². The molecule has 0 fully saturated rings. The van der Waals surface area contributed by atoms with Crippen LogP contribution in [0, 0.1) is 0 Å². The monoisotopic (exact) mass is 372 g/mol. The number of ether oxygens (including phenoxy) is 2. The molecule has 0 radical (unpaired) electrons. The lowest BCUT2D eigenvalue weighted by atomic mass is 10.1. The summed E-state index contributed by atoms with van der Waals surface area (Å²) in [6.45, 7) is 0.570. The molecular weight excluding hydrogens is 352 g/mol. The first-order valence-corrected chi connectivity index (χ1v) is 8.87. The molecule has 1 aromatic heterocycles. The Morgan fingerprint density at radius 2 is 1.64 bits per heavy atom. The Morgan fingerprint density at radius 3 is 2.43 bits per heavy atom. The second kappa shape index (κ2) is 7.84. The Bertz CT molecular complexity index is 1100. The first kappa shape index (κ1) is 17.6. The van der Waals surface area contributed by atoms with E-state index in [2.05, 4.69) is 21.4 Å². The lowest BCUT2D eigenvalue weighted by Gasteiger charge is -2.12. The first-order valence-electron chi connectivity index (χ1n) is 8.87. The van der Waals surface area contributed by atoms with Crippen molar-refractivity contribution in [2.45, 2.75) is 6.54 Å². The molecule has 4 aromatic rings. The lowest BCUT2D eigenvalue weighted by molar-refractivity contribution is 0.414. The zero-order chi connectivity index (χ0) is 19.3. The third-order valence-electron chi connectivity index (χ3n) is 4.40. The summed E-state index contributed by atoms with van der Waals surface area (Å²) in [6, 6.07) is 21.7. The number of fused-ring (bicyclic) bond motifs is 1. The molecule has 0 amide bonds. The molecule has 3 aromatic carbocycles. The van der Waals surface area contributed by atoms with E-state index in [1.54, 1.807) is 7.11 Å². The Morgan fingerprint density at radius 1 is 0.893 bits per heavy atom. The fraction of sp³-hybridized carbons (Fsp3) is 0.0909. The van der Waals surface area contributed by atoms with Crippen LogP contribution in [0.2, 0.25) is 0 Å². The predicted octanol–water partition coefficient (Wildman–Crippen LogP) is 4.63. The Hall–Kier alpha value is -3.80. The molecule has 28 heavy (non-hydrogen) atoms. The number of methoxy groups -OCH3 is 1. The van der Waals surface area contributed by atoms with Gasteiger partial charge in [-0.25, -0.2) is 4.98 Å². The molecule has 0 saturated heterocycles. The Kier molecular flexibility index (Phi) is 4.93. The maximum Gasteiger partial charge on any atom is 0.248 e. The van der Waals surface area contributed by atoms with Gasteiger partial charge in [0.25, 0.3) is 0 Å². The highest BCUT2D eigenvalue weighted by Crippen LogP contribution is 2.31. The summed E-state index contributed by atoms with van der Waals surface area (Å²) in [5.41, 5.74) is 7.67. The van der Waals surface area contributed by atoms with Crippen molar-refractivity contribution in [3.8, 4) is 17.4 Å². The number of hydrogen-bond donors (Lipinski definition) is 2. The van der Waals surface area contributed by atoms with Crippen LogP contribution < -0.4 is 20.5 Å². The van der Waals surface area contributed by atoms with Crippen LogP contribution >= 0.6 is 0 Å². The minimum absolute atomic E-state index is 0.322. The second-order valence-electron chi connectivity index (χ2n) is 6.25. The van der Waals surface area contributed by atoms with Gasteiger partial charge < -0.3 is 20.5 Å². The number of nitrogens with two attached hydrogens (primary N) is 1. The molecule has 3 N–H and O–H groups in total. The van der Waals surface area contributed by atoms with Gasteiger partial charge in [0.1, 0.15) is 23.5 Å². The van der Waals surface area contributed by atoms with Crippen LogP contribution in [0.25, 0.3) is 10.8 Å². The minimum atomic E-state index is 0.322. The van der Waals surface area contributed by atoms with E-state index in [9.17, 15) is 0 Å². The number of benzene rings is 3. The molecule has 0 spiro atoms. The normalized spacial score (nSPS) is 10.6. The molecule has 0 atom stereocenters. The maximum atomic E-state index is 6.22. The van der Waals surface area contributed by atoms with Gasteiger partial charge in [0.2, 0.25) is 5.88 Å². The average Bonchev–Trinajstić information content (AvgIpc) is 2.74. The maximum absolute atomic E-state index is 6.22. The van der Waals surface area contributed by atoms with E-state index in [0.717, 1.165) is 22.1 Å². The van der Waals surface area contributed by atoms with Crippen LogP contribution in [0.1, 0.15) is 5.56 Å². The van der Waals surface area contributed by atoms with E-state index in [1.165, 1.54) is 6.33 Å². The van der Waals surface area contributed by atoms with Crippen LogP contribution in [0.3, 0.4) is 0 Å². The highest BCUT2D eigenvalue weighted by atomic mass is 16.5. The van der Waals surface area contributed by atoms with Crippen molar-refractivity contribution in [1.82, 2.24) is 9.97 Å². The van der Waals surface area contributed by atoms with Crippen molar-refractivity contribution < 1.29 is 9.47 Å². The topological polar surface area (TPSA) is 82.3 Å². The third kappa shape index (κ3) is 3.81. The number of hydrogen-bond acceptors (Lipinski definition) is 6. The van der Waals surface area contributed by atoms with Gasteiger partial charge in [-0.3, -0.25) is 0 Å². The summed E-state index contributed by atoms with van der Waals surface area (Å²) in [5, 5.41) is 5.46. The van der Waals surface area contributed by atoms with E-state index in [0.29, 0.717) is 29.7 Å². The molecule has 1 heterocycles. The van der Waals surface area contributed by atoms with Crippen molar-refractivity contribution in [2.75, 3.05) is 18.2 Å². The summed E-state index contributed by atoms with van der Waals surface area (Å²) in [4.78, 5) is 8.40. The van der Waals surface area contributed by atoms with E-state index in [4.69, 9.17) is 15.2 Å². The molecule has 140 valence electrons. The molecule has 0 aliphatic heterocycles. The number of aromatic nitrogens is 2. The van der Waals surface area contributed by atoms with E-state index < -0.39 is 0 Å². The van der Waals surface area contributed by atoms with Crippen LogP contribution in [-0.4, -0.2) is 17.1 Å². The molecule has 0 bridgehead atoms. The number of nitrogens with one attached hydrogen (secondary N) is 1. The molecule has 0 aliphatic carbocycles. The second-order valence-corrected chi connectivity index (χ2v) is 6.25. The summed E-state index contributed by atoms with van der Waals surface area (Å²) in [7, 11) is 1.64. The molecule has 0 unspecified atom stereocenters. The van der Waals surface area contributed by atoms with Gasteiger partial charge in [-0.15, -0.1) is 0 Å². The molecule has 6 heteroatoms. The van der Waals surface area contributed by atoms with Gasteiger partial charge >= 0.3 is 0 Å². The van der Waals surface area contributed by atoms with Crippen molar-refractivity contribution in [1.29, 1.82) is 0 Å². The van der Waals surface area contributed by atoms with Gasteiger partial charge in [-0.05, 0) is 40.6 Å². The largest absolute Gasteiger partial charge is 0.497 e. The number of nitrogens with zero attached hydrogens (tertiary/aromatic N) is 2. The fourth-order valence-electron chi connectivity index (χ4n) is 2.87. The SMILES string of the molecule is COc1ccc(CNc2ncnc(Oc3ccc4ccccc4c3)c2N)cc1. The van der Waals surface area contributed by atoms with Crippen LogP contribution in [-0.2, 0) is 6.54 Å². The molecule has 6 nitrogen and oxygen atoms in total. The number of anilines is 2. The molecular formula is C22H20N4O2. The van der Waals surface area contributed by atoms with Gasteiger partial charge in [-0.2, -0.15) is 4.98 Å². The third-order valence-corrected chi connectivity index (χ3v) is 4.40. The standard InChI is InChI=1S/C22H20N4O2/c1-27-18-9-6-15(7-10-18)13-24-21-20(23)22(26-14-25-21)28-19-11-8-16-4-2-3-5-17(16)12-19/h2-12,14H,13,23H2,1H3,(H,24,25,26). The van der Waals surface area contributed by atoms with Crippen molar-refractivity contribution in [3.05, 3.63) is 78.6 Å². The summed E-state index contributed by atoms with van der Waals surface area (Å²) >= 11 is 0. The molecule has 4 rings (SSSR count). The van der Waals surface area contributed by atoms with Crippen molar-refractivity contribution >= 4 is 22.3 Å². The molecule has 0 saturated carbocycles. The van der Waals surface area contributed by atoms with Crippen molar-refractivity contribution in [3.63, 3.8) is 0 Å². The Balaban J connectivity index is 1.50. The number of rotatable bonds is 6. The van der Waals surface area contributed by atoms with Crippen molar-refractivity contribution in [2.24, 2.45) is 0 Å².